The van der Waals surface area contributed by atoms with Crippen LogP contribution in [0, 0.1) is 17.8 Å². The van der Waals surface area contributed by atoms with E-state index in [1.54, 1.807) is 16.9 Å². The molecule has 0 unspecified atom stereocenters. The molecule has 0 aromatic carbocycles. The molecule has 5 rings (SSSR count). The molecule has 0 radical (unpaired) electrons. The molecular weight excluding hydrogens is 527 g/mol. The molecule has 0 saturated heterocycles. The summed E-state index contributed by atoms with van der Waals surface area (Å²) in [4.78, 5) is 30.8. The van der Waals surface area contributed by atoms with Gasteiger partial charge < -0.3 is 15.4 Å². The third-order valence-electron chi connectivity index (χ3n) is 7.41. The van der Waals surface area contributed by atoms with E-state index in [0.29, 0.717) is 23.2 Å². The van der Waals surface area contributed by atoms with Gasteiger partial charge in [-0.1, -0.05) is 0 Å². The van der Waals surface area contributed by atoms with Crippen LogP contribution in [0.2, 0.25) is 0 Å². The standard InChI is InChI=1S/C27H32F3N7O3/c1-15(2)37-21(9-11-32-37)24(38)35-23(22(16-4-5-16)17-6-7-17)25(39)34-18-12-33-36(13-18)14-19-20(27(28,29)30)8-10-31-26(19)40-3/h8-13,15-17,22-23H,4-7,14H2,1-3H3,(H,34,39)(H,35,38)/t23-/m0/s1. The summed E-state index contributed by atoms with van der Waals surface area (Å²) in [6.45, 7) is 3.57. The van der Waals surface area contributed by atoms with Gasteiger partial charge >= 0.3 is 6.18 Å². The fourth-order valence-electron chi connectivity index (χ4n) is 5.31. The van der Waals surface area contributed by atoms with Crippen molar-refractivity contribution in [3.63, 3.8) is 0 Å². The van der Waals surface area contributed by atoms with Gasteiger partial charge in [0.15, 0.2) is 0 Å². The molecule has 3 aromatic heterocycles. The minimum Gasteiger partial charge on any atom is -0.481 e. The lowest BCUT2D eigenvalue weighted by Crippen LogP contribution is -2.50. The number of pyridine rings is 1. The number of aromatic nitrogens is 5. The predicted octanol–water partition coefficient (Wildman–Crippen LogP) is 4.30. The van der Waals surface area contributed by atoms with Gasteiger partial charge in [-0.3, -0.25) is 19.0 Å². The summed E-state index contributed by atoms with van der Waals surface area (Å²) in [5, 5.41) is 14.2. The number of nitrogens with one attached hydrogen (secondary N) is 2. The van der Waals surface area contributed by atoms with Crippen molar-refractivity contribution >= 4 is 17.5 Å². The van der Waals surface area contributed by atoms with E-state index < -0.39 is 17.8 Å². The Kier molecular flexibility index (Phi) is 7.56. The fraction of sp³-hybridized carbons (Fsp3) is 0.519. The SMILES string of the molecule is COc1nccc(C(F)(F)F)c1Cn1cc(NC(=O)[C@@H](NC(=O)c2ccnn2C(C)C)C(C2CC2)C2CC2)cn1. The molecule has 3 aromatic rings. The number of methoxy groups -OCH3 is 1. The summed E-state index contributed by atoms with van der Waals surface area (Å²) < 4.78 is 48.8. The van der Waals surface area contributed by atoms with Gasteiger partial charge in [-0.05, 0) is 69.4 Å². The lowest BCUT2D eigenvalue weighted by Gasteiger charge is -2.27. The molecule has 2 N–H and O–H groups in total. The first kappa shape index (κ1) is 27.7. The van der Waals surface area contributed by atoms with Crippen LogP contribution >= 0.6 is 0 Å². The topological polar surface area (TPSA) is 116 Å². The number of ether oxygens (including phenoxy) is 1. The maximum absolute atomic E-state index is 13.6. The van der Waals surface area contributed by atoms with Gasteiger partial charge in [0.1, 0.15) is 11.7 Å². The molecule has 1 atom stereocenters. The number of carbonyl (C=O) groups excluding carboxylic acids is 2. The summed E-state index contributed by atoms with van der Waals surface area (Å²) in [7, 11) is 1.25. The summed E-state index contributed by atoms with van der Waals surface area (Å²) in [6, 6.07) is 1.70. The van der Waals surface area contributed by atoms with Crippen molar-refractivity contribution in [1.82, 2.24) is 29.9 Å². The summed E-state index contributed by atoms with van der Waals surface area (Å²) >= 11 is 0. The molecule has 2 amide bonds. The van der Waals surface area contributed by atoms with Crippen molar-refractivity contribution in [2.75, 3.05) is 12.4 Å². The summed E-state index contributed by atoms with van der Waals surface area (Å²) in [5.74, 6) is -0.196. The highest BCUT2D eigenvalue weighted by molar-refractivity contribution is 6.00. The molecule has 0 aliphatic heterocycles. The van der Waals surface area contributed by atoms with Gasteiger partial charge in [-0.25, -0.2) is 4.98 Å². The third-order valence-corrected chi connectivity index (χ3v) is 7.41. The number of rotatable bonds is 11. The number of nitrogens with zero attached hydrogens (tertiary/aromatic N) is 5. The quantitative estimate of drug-likeness (QED) is 0.362. The number of halogens is 3. The Morgan fingerprint density at radius 3 is 2.40 bits per heavy atom. The van der Waals surface area contributed by atoms with Gasteiger partial charge in [-0.15, -0.1) is 0 Å². The molecule has 2 saturated carbocycles. The Labute approximate surface area is 229 Å². The Hall–Kier alpha value is -3.90. The van der Waals surface area contributed by atoms with Crippen molar-refractivity contribution in [2.45, 2.75) is 64.3 Å². The van der Waals surface area contributed by atoms with Crippen molar-refractivity contribution < 1.29 is 27.5 Å². The Balaban J connectivity index is 1.35. The van der Waals surface area contributed by atoms with Crippen LogP contribution in [0.15, 0.2) is 36.9 Å². The summed E-state index contributed by atoms with van der Waals surface area (Å²) in [5.41, 5.74) is -0.372. The highest BCUT2D eigenvalue weighted by atomic mass is 19.4. The highest BCUT2D eigenvalue weighted by Gasteiger charge is 2.48. The van der Waals surface area contributed by atoms with E-state index in [4.69, 9.17) is 4.74 Å². The monoisotopic (exact) mass is 559 g/mol. The second kappa shape index (κ2) is 10.9. The first-order chi connectivity index (χ1) is 19.1. The molecule has 13 heteroatoms. The second-order valence-corrected chi connectivity index (χ2v) is 10.7. The van der Waals surface area contributed by atoms with Gasteiger partial charge in [-0.2, -0.15) is 23.4 Å². The summed E-state index contributed by atoms with van der Waals surface area (Å²) in [6.07, 6.45) is 4.84. The minimum atomic E-state index is -4.60. The molecule has 10 nitrogen and oxygen atoms in total. The van der Waals surface area contributed by atoms with Crippen LogP contribution in [-0.4, -0.2) is 49.5 Å². The first-order valence-electron chi connectivity index (χ1n) is 13.3. The Bertz CT molecular complexity index is 1360. The molecule has 214 valence electrons. The maximum Gasteiger partial charge on any atom is 0.416 e. The van der Waals surface area contributed by atoms with E-state index in [1.807, 2.05) is 13.8 Å². The van der Waals surface area contributed by atoms with Gasteiger partial charge in [0, 0.05) is 30.2 Å². The number of carbonyl (C=O) groups is 2. The minimum absolute atomic E-state index is 0.00316. The average molecular weight is 560 g/mol. The van der Waals surface area contributed by atoms with Gasteiger partial charge in [0.05, 0.1) is 31.1 Å². The van der Waals surface area contributed by atoms with Crippen LogP contribution in [0.5, 0.6) is 5.88 Å². The van der Waals surface area contributed by atoms with E-state index in [1.165, 1.54) is 24.2 Å². The van der Waals surface area contributed by atoms with Crippen LogP contribution in [0.25, 0.3) is 0 Å². The third kappa shape index (κ3) is 5.97. The van der Waals surface area contributed by atoms with Crippen LogP contribution in [0.3, 0.4) is 0 Å². The average Bonchev–Trinajstić information content (AvgIpc) is 3.83. The maximum atomic E-state index is 13.6. The normalized spacial score (nSPS) is 16.3. The van der Waals surface area contributed by atoms with Crippen molar-refractivity contribution in [3.05, 3.63) is 53.7 Å². The number of hydrogen-bond donors (Lipinski definition) is 2. The van der Waals surface area contributed by atoms with Crippen LogP contribution in [0.1, 0.15) is 67.2 Å². The number of anilines is 1. The lowest BCUT2D eigenvalue weighted by atomic mass is 9.88. The van der Waals surface area contributed by atoms with Crippen LogP contribution in [-0.2, 0) is 17.5 Å². The van der Waals surface area contributed by atoms with Crippen LogP contribution < -0.4 is 15.4 Å². The largest absolute Gasteiger partial charge is 0.481 e. The lowest BCUT2D eigenvalue weighted by molar-refractivity contribution is -0.138. The molecule has 0 spiro atoms. The highest BCUT2D eigenvalue weighted by Crippen LogP contribution is 2.51. The first-order valence-corrected chi connectivity index (χ1v) is 13.3. The smallest absolute Gasteiger partial charge is 0.416 e. The Morgan fingerprint density at radius 1 is 1.10 bits per heavy atom. The zero-order valence-corrected chi connectivity index (χ0v) is 22.5. The molecule has 0 bridgehead atoms. The van der Waals surface area contributed by atoms with Crippen molar-refractivity contribution in [2.24, 2.45) is 17.8 Å². The van der Waals surface area contributed by atoms with Gasteiger partial charge in [0.2, 0.25) is 11.8 Å². The molecular formula is C27H32F3N7O3. The molecule has 2 fully saturated rings. The molecule has 2 aliphatic carbocycles. The molecule has 2 aliphatic rings. The van der Waals surface area contributed by atoms with Crippen molar-refractivity contribution in [3.8, 4) is 5.88 Å². The molecule has 40 heavy (non-hydrogen) atoms. The van der Waals surface area contributed by atoms with E-state index >= 15 is 0 Å². The second-order valence-electron chi connectivity index (χ2n) is 10.7. The van der Waals surface area contributed by atoms with E-state index in [9.17, 15) is 22.8 Å². The van der Waals surface area contributed by atoms with E-state index in [-0.39, 0.29) is 41.8 Å². The molecule has 3 heterocycles. The number of alkyl halides is 3. The van der Waals surface area contributed by atoms with Gasteiger partial charge in [0.25, 0.3) is 5.91 Å². The van der Waals surface area contributed by atoms with Crippen LogP contribution in [0.4, 0.5) is 18.9 Å². The van der Waals surface area contributed by atoms with Crippen molar-refractivity contribution in [1.29, 1.82) is 0 Å². The van der Waals surface area contributed by atoms with E-state index in [0.717, 1.165) is 37.9 Å². The number of amides is 2. The van der Waals surface area contributed by atoms with E-state index in [2.05, 4.69) is 25.8 Å². The zero-order valence-electron chi connectivity index (χ0n) is 22.5. The Morgan fingerprint density at radius 2 is 1.80 bits per heavy atom. The fourth-order valence-corrected chi connectivity index (χ4v) is 5.31. The predicted molar refractivity (Wildman–Crippen MR) is 139 cm³/mol. The number of hydrogen-bond acceptors (Lipinski definition) is 6. The zero-order chi connectivity index (χ0) is 28.6.